The highest BCUT2D eigenvalue weighted by molar-refractivity contribution is 5.82. The van der Waals surface area contributed by atoms with Crippen molar-refractivity contribution in [2.24, 2.45) is 0 Å². The van der Waals surface area contributed by atoms with Gasteiger partial charge >= 0.3 is 0 Å². The van der Waals surface area contributed by atoms with E-state index in [1.807, 2.05) is 0 Å². The number of hydrogen-bond acceptors (Lipinski definition) is 4. The number of rotatable bonds is 5. The van der Waals surface area contributed by atoms with Gasteiger partial charge in [-0.3, -0.25) is 9.05 Å². The number of imidazole rings is 1. The average molecular weight is 262 g/mol. The third kappa shape index (κ3) is 2.11. The van der Waals surface area contributed by atoms with Crippen LogP contribution in [0.5, 0.6) is 0 Å². The van der Waals surface area contributed by atoms with Crippen molar-refractivity contribution >= 4 is 17.0 Å². The Morgan fingerprint density at radius 1 is 1.37 bits per heavy atom. The van der Waals surface area contributed by atoms with Crippen molar-refractivity contribution in [1.29, 1.82) is 0 Å². The molecule has 1 atom stereocenters. The van der Waals surface area contributed by atoms with E-state index in [4.69, 9.17) is 0 Å². The SMILES string of the molecule is CCCCC(O)n1cnc2c([N+]3(C)CC3)ncnc21. The summed E-state index contributed by atoms with van der Waals surface area (Å²) in [6, 6.07) is 0. The Morgan fingerprint density at radius 2 is 2.16 bits per heavy atom. The molecule has 0 bridgehead atoms. The molecule has 1 saturated heterocycles. The lowest BCUT2D eigenvalue weighted by Crippen LogP contribution is -2.20. The number of fused-ring (bicyclic) bond motifs is 1. The van der Waals surface area contributed by atoms with E-state index in [0.717, 1.165) is 53.8 Å². The molecule has 0 saturated carbocycles. The number of unbranched alkanes of at least 4 members (excludes halogenated alkanes) is 1. The van der Waals surface area contributed by atoms with Crippen LogP contribution in [0.1, 0.15) is 32.4 Å². The first-order valence-corrected chi connectivity index (χ1v) is 6.86. The molecule has 102 valence electrons. The molecule has 3 heterocycles. The second-order valence-electron chi connectivity index (χ2n) is 5.49. The van der Waals surface area contributed by atoms with Crippen LogP contribution in [0.4, 0.5) is 5.82 Å². The lowest BCUT2D eigenvalue weighted by Gasteiger charge is -2.13. The van der Waals surface area contributed by atoms with E-state index in [-0.39, 0.29) is 0 Å². The van der Waals surface area contributed by atoms with Crippen molar-refractivity contribution in [3.63, 3.8) is 0 Å². The minimum atomic E-state index is -0.549. The monoisotopic (exact) mass is 262 g/mol. The van der Waals surface area contributed by atoms with Crippen molar-refractivity contribution in [2.45, 2.75) is 32.4 Å². The predicted molar refractivity (Wildman–Crippen MR) is 73.6 cm³/mol. The lowest BCUT2D eigenvalue weighted by atomic mass is 10.2. The Labute approximate surface area is 112 Å². The fraction of sp³-hybridized carbons (Fsp3) is 0.615. The summed E-state index contributed by atoms with van der Waals surface area (Å²) in [5.41, 5.74) is 1.55. The van der Waals surface area contributed by atoms with Crippen molar-refractivity contribution in [3.05, 3.63) is 12.7 Å². The van der Waals surface area contributed by atoms with E-state index in [0.29, 0.717) is 0 Å². The third-order valence-electron chi connectivity index (χ3n) is 3.88. The average Bonchev–Trinajstić information content (AvgIpc) is 3.02. The molecule has 6 heteroatoms. The maximum absolute atomic E-state index is 10.2. The Bertz CT molecular complexity index is 590. The van der Waals surface area contributed by atoms with Gasteiger partial charge in [0.15, 0.2) is 11.2 Å². The summed E-state index contributed by atoms with van der Waals surface area (Å²) >= 11 is 0. The van der Waals surface area contributed by atoms with Crippen LogP contribution in [0.15, 0.2) is 12.7 Å². The number of quaternary nitrogens is 1. The van der Waals surface area contributed by atoms with Gasteiger partial charge in [0.1, 0.15) is 25.6 Å². The fourth-order valence-electron chi connectivity index (χ4n) is 2.34. The number of aromatic nitrogens is 4. The molecule has 2 aromatic rings. The minimum Gasteiger partial charge on any atom is -0.373 e. The highest BCUT2D eigenvalue weighted by Gasteiger charge is 2.43. The van der Waals surface area contributed by atoms with Gasteiger partial charge in [0.05, 0.1) is 13.4 Å². The van der Waals surface area contributed by atoms with Crippen LogP contribution in [0.3, 0.4) is 0 Å². The molecule has 0 amide bonds. The molecular formula is C13H20N5O+. The largest absolute Gasteiger partial charge is 0.373 e. The lowest BCUT2D eigenvalue weighted by molar-refractivity contribution is 0.0954. The molecule has 19 heavy (non-hydrogen) atoms. The van der Waals surface area contributed by atoms with Crippen LogP contribution >= 0.6 is 0 Å². The standard InChI is InChI=1S/C13H20N5O/c1-3-4-5-10(19)17-9-16-11-12(17)14-8-15-13(11)18(2)6-7-18/h8-10,19H,3-7H2,1-2H3/q+1. The number of aliphatic hydroxyl groups is 1. The predicted octanol–water partition coefficient (Wildman–Crippen LogP) is 1.46. The summed E-state index contributed by atoms with van der Waals surface area (Å²) in [4.78, 5) is 13.1. The summed E-state index contributed by atoms with van der Waals surface area (Å²) in [5, 5.41) is 10.2. The van der Waals surface area contributed by atoms with Gasteiger partial charge in [0.2, 0.25) is 0 Å². The van der Waals surface area contributed by atoms with E-state index in [1.54, 1.807) is 17.2 Å². The summed E-state index contributed by atoms with van der Waals surface area (Å²) < 4.78 is 2.58. The van der Waals surface area contributed by atoms with Gasteiger partial charge in [-0.05, 0) is 12.8 Å². The summed E-state index contributed by atoms with van der Waals surface area (Å²) in [5.74, 6) is 0.964. The van der Waals surface area contributed by atoms with Gasteiger partial charge in [0, 0.05) is 0 Å². The first-order valence-electron chi connectivity index (χ1n) is 6.86. The number of aliphatic hydroxyl groups excluding tert-OH is 1. The summed E-state index contributed by atoms with van der Waals surface area (Å²) in [6.45, 7) is 4.30. The van der Waals surface area contributed by atoms with Gasteiger partial charge in [-0.15, -0.1) is 0 Å². The molecule has 1 fully saturated rings. The van der Waals surface area contributed by atoms with Gasteiger partial charge in [0.25, 0.3) is 5.82 Å². The molecule has 0 radical (unpaired) electrons. The zero-order valence-electron chi connectivity index (χ0n) is 11.5. The number of likely N-dealkylation sites (N-methyl/N-ethyl adjacent to an activating group) is 1. The maximum Gasteiger partial charge on any atom is 0.259 e. The van der Waals surface area contributed by atoms with Crippen LogP contribution < -0.4 is 4.48 Å². The highest BCUT2D eigenvalue weighted by Crippen LogP contribution is 2.33. The molecule has 3 rings (SSSR count). The second kappa shape index (κ2) is 4.54. The molecule has 0 spiro atoms. The number of nitrogens with zero attached hydrogens (tertiary/aromatic N) is 5. The topological polar surface area (TPSA) is 63.8 Å². The van der Waals surface area contributed by atoms with Crippen molar-refractivity contribution in [2.75, 3.05) is 20.1 Å². The van der Waals surface area contributed by atoms with Crippen LogP contribution in [0, 0.1) is 0 Å². The van der Waals surface area contributed by atoms with Gasteiger partial charge in [-0.2, -0.15) is 4.98 Å². The fourth-order valence-corrected chi connectivity index (χ4v) is 2.34. The first kappa shape index (κ1) is 12.5. The Balaban J connectivity index is 1.99. The summed E-state index contributed by atoms with van der Waals surface area (Å²) in [6.07, 6.45) is 5.49. The minimum absolute atomic E-state index is 0.549. The van der Waals surface area contributed by atoms with Gasteiger partial charge in [-0.1, -0.05) is 13.3 Å². The number of hydrogen-bond donors (Lipinski definition) is 1. The first-order chi connectivity index (χ1) is 9.15. The van der Waals surface area contributed by atoms with E-state index in [9.17, 15) is 5.11 Å². The molecule has 1 aliphatic rings. The van der Waals surface area contributed by atoms with Gasteiger partial charge in [-0.25, -0.2) is 9.97 Å². The van der Waals surface area contributed by atoms with Crippen molar-refractivity contribution in [1.82, 2.24) is 24.0 Å². The van der Waals surface area contributed by atoms with Crippen LogP contribution in [0.25, 0.3) is 11.2 Å². The zero-order chi connectivity index (χ0) is 13.5. The Hall–Kier alpha value is -1.53. The zero-order valence-corrected chi connectivity index (χ0v) is 11.5. The second-order valence-corrected chi connectivity index (χ2v) is 5.49. The Morgan fingerprint density at radius 3 is 2.84 bits per heavy atom. The normalized spacial score (nSPS) is 18.7. The van der Waals surface area contributed by atoms with E-state index in [2.05, 4.69) is 28.9 Å². The van der Waals surface area contributed by atoms with Crippen LogP contribution in [-0.2, 0) is 0 Å². The molecule has 6 nitrogen and oxygen atoms in total. The highest BCUT2D eigenvalue weighted by atomic mass is 16.3. The molecular weight excluding hydrogens is 242 g/mol. The van der Waals surface area contributed by atoms with E-state index < -0.39 is 6.23 Å². The molecule has 1 aliphatic heterocycles. The van der Waals surface area contributed by atoms with Gasteiger partial charge < -0.3 is 5.11 Å². The molecule has 1 N–H and O–H groups in total. The van der Waals surface area contributed by atoms with E-state index in [1.165, 1.54) is 0 Å². The van der Waals surface area contributed by atoms with E-state index >= 15 is 0 Å². The van der Waals surface area contributed by atoms with Crippen molar-refractivity contribution < 1.29 is 5.11 Å². The van der Waals surface area contributed by atoms with Crippen LogP contribution in [-0.4, -0.2) is 44.8 Å². The Kier molecular flexibility index (Phi) is 2.99. The maximum atomic E-state index is 10.2. The van der Waals surface area contributed by atoms with Crippen LogP contribution in [0.2, 0.25) is 0 Å². The molecule has 1 unspecified atom stereocenters. The molecule has 0 aromatic carbocycles. The molecule has 0 aliphatic carbocycles. The van der Waals surface area contributed by atoms with Crippen molar-refractivity contribution in [3.8, 4) is 0 Å². The molecule has 2 aromatic heterocycles. The third-order valence-corrected chi connectivity index (χ3v) is 3.88. The quantitative estimate of drug-likeness (QED) is 0.654. The smallest absolute Gasteiger partial charge is 0.259 e. The summed E-state index contributed by atoms with van der Waals surface area (Å²) in [7, 11) is 2.15.